The summed E-state index contributed by atoms with van der Waals surface area (Å²) in [6.45, 7) is 4.75. The summed E-state index contributed by atoms with van der Waals surface area (Å²) < 4.78 is 59.8. The molecule has 13 heteroatoms. The molecule has 4 N–H and O–H groups in total. The average Bonchev–Trinajstić information content (AvgIpc) is 2.75. The first kappa shape index (κ1) is 29.4. The van der Waals surface area contributed by atoms with Gasteiger partial charge >= 0.3 is 18.4 Å². The number of carboxylic acids is 1. The molecule has 0 saturated heterocycles. The second kappa shape index (κ2) is 11.9. The predicted octanol–water partition coefficient (Wildman–Crippen LogP) is 3.46. The van der Waals surface area contributed by atoms with Crippen molar-refractivity contribution in [1.29, 1.82) is 0 Å². The lowest BCUT2D eigenvalue weighted by molar-refractivity contribution is -0.274. The first-order valence-corrected chi connectivity index (χ1v) is 10.8. The molecule has 2 rings (SSSR count). The molecule has 0 bridgehead atoms. The molecule has 0 aromatic heterocycles. The van der Waals surface area contributed by atoms with Crippen molar-refractivity contribution in [3.63, 3.8) is 0 Å². The van der Waals surface area contributed by atoms with Crippen molar-refractivity contribution in [3.05, 3.63) is 65.5 Å². The van der Waals surface area contributed by atoms with Crippen molar-refractivity contribution >= 4 is 18.0 Å². The lowest BCUT2D eigenvalue weighted by atomic mass is 9.99. The Morgan fingerprint density at radius 3 is 2.16 bits per heavy atom. The van der Waals surface area contributed by atoms with E-state index in [9.17, 15) is 42.2 Å². The standard InChI is InChI=1S/C24H26F4N2O7/c1-23(2,3)37-22(35)29-17(11-13-7-9-15(25)10-8-13)19(31)20(32)30-18(21(33)34)14-5-4-6-16(12-14)36-24(26,27)28/h4-10,12,17-19,31H,11H2,1-3H3,(H,29,35)(H,30,32)(H,33,34)/t17-,18+,19+/m1/s1. The van der Waals surface area contributed by atoms with Gasteiger partial charge in [0.15, 0.2) is 12.1 Å². The van der Waals surface area contributed by atoms with Crippen molar-refractivity contribution in [3.8, 4) is 5.75 Å². The van der Waals surface area contributed by atoms with E-state index >= 15 is 0 Å². The van der Waals surface area contributed by atoms with Gasteiger partial charge in [-0.05, 0) is 62.6 Å². The van der Waals surface area contributed by atoms with Gasteiger partial charge in [0.05, 0.1) is 6.04 Å². The molecule has 2 aromatic carbocycles. The van der Waals surface area contributed by atoms with Crippen LogP contribution < -0.4 is 15.4 Å². The number of nitrogens with one attached hydrogen (secondary N) is 2. The highest BCUT2D eigenvalue weighted by atomic mass is 19.4. The summed E-state index contributed by atoms with van der Waals surface area (Å²) in [4.78, 5) is 36.9. The molecule has 0 heterocycles. The summed E-state index contributed by atoms with van der Waals surface area (Å²) in [7, 11) is 0. The maximum Gasteiger partial charge on any atom is 0.573 e. The van der Waals surface area contributed by atoms with E-state index in [2.05, 4.69) is 10.1 Å². The lowest BCUT2D eigenvalue weighted by Gasteiger charge is -2.27. The highest BCUT2D eigenvalue weighted by Gasteiger charge is 2.34. The maximum absolute atomic E-state index is 13.3. The number of amides is 2. The van der Waals surface area contributed by atoms with Crippen LogP contribution >= 0.6 is 0 Å². The zero-order valence-electron chi connectivity index (χ0n) is 20.0. The molecule has 2 amide bonds. The summed E-state index contributed by atoms with van der Waals surface area (Å²) in [5.74, 6) is -4.15. The van der Waals surface area contributed by atoms with Crippen LogP contribution in [0, 0.1) is 5.82 Å². The van der Waals surface area contributed by atoms with Gasteiger partial charge < -0.3 is 30.3 Å². The monoisotopic (exact) mass is 530 g/mol. The van der Waals surface area contributed by atoms with E-state index in [1.54, 1.807) is 20.8 Å². The fourth-order valence-corrected chi connectivity index (χ4v) is 3.16. The fraction of sp³-hybridized carbons (Fsp3) is 0.375. The minimum atomic E-state index is -5.03. The van der Waals surface area contributed by atoms with Gasteiger partial charge in [-0.25, -0.2) is 14.0 Å². The second-order valence-electron chi connectivity index (χ2n) is 8.93. The zero-order chi connectivity index (χ0) is 28.0. The minimum absolute atomic E-state index is 0.180. The molecule has 0 radical (unpaired) electrons. The summed E-state index contributed by atoms with van der Waals surface area (Å²) in [5, 5.41) is 24.7. The van der Waals surface area contributed by atoms with Crippen molar-refractivity contribution < 1.29 is 51.6 Å². The molecule has 9 nitrogen and oxygen atoms in total. The topological polar surface area (TPSA) is 134 Å². The smallest absolute Gasteiger partial charge is 0.479 e. The first-order valence-electron chi connectivity index (χ1n) is 10.8. The molecule has 0 fully saturated rings. The van der Waals surface area contributed by atoms with Gasteiger partial charge in [-0.1, -0.05) is 24.3 Å². The van der Waals surface area contributed by atoms with Gasteiger partial charge in [0.1, 0.15) is 17.2 Å². The number of alkyl halides is 3. The van der Waals surface area contributed by atoms with E-state index in [1.807, 2.05) is 5.32 Å². The number of aliphatic hydroxyl groups excluding tert-OH is 1. The third-order valence-corrected chi connectivity index (χ3v) is 4.68. The van der Waals surface area contributed by atoms with Crippen LogP contribution in [0.4, 0.5) is 22.4 Å². The molecular formula is C24H26F4N2O7. The van der Waals surface area contributed by atoms with Crippen LogP contribution in [0.5, 0.6) is 5.75 Å². The van der Waals surface area contributed by atoms with Gasteiger partial charge in [0.2, 0.25) is 0 Å². The van der Waals surface area contributed by atoms with Crippen LogP contribution in [0.15, 0.2) is 48.5 Å². The molecular weight excluding hydrogens is 504 g/mol. The molecule has 0 aliphatic heterocycles. The van der Waals surface area contributed by atoms with Crippen LogP contribution in [0.1, 0.15) is 37.9 Å². The molecule has 202 valence electrons. The van der Waals surface area contributed by atoms with Crippen LogP contribution in [0.25, 0.3) is 0 Å². The fourth-order valence-electron chi connectivity index (χ4n) is 3.16. The Morgan fingerprint density at radius 2 is 1.62 bits per heavy atom. The number of halogens is 4. The van der Waals surface area contributed by atoms with E-state index in [-0.39, 0.29) is 12.0 Å². The number of ether oxygens (including phenoxy) is 2. The Labute approximate surface area is 209 Å². The minimum Gasteiger partial charge on any atom is -0.479 e. The second-order valence-corrected chi connectivity index (χ2v) is 8.93. The van der Waals surface area contributed by atoms with Crippen molar-refractivity contribution in [2.24, 2.45) is 0 Å². The van der Waals surface area contributed by atoms with E-state index in [1.165, 1.54) is 12.1 Å². The number of alkyl carbamates (subject to hydrolysis) is 1. The highest BCUT2D eigenvalue weighted by Crippen LogP contribution is 2.26. The zero-order valence-corrected chi connectivity index (χ0v) is 20.0. The van der Waals surface area contributed by atoms with Crippen LogP contribution in [-0.4, -0.2) is 52.3 Å². The quantitative estimate of drug-likeness (QED) is 0.365. The third kappa shape index (κ3) is 9.95. The largest absolute Gasteiger partial charge is 0.573 e. The van der Waals surface area contributed by atoms with Crippen LogP contribution in [0.2, 0.25) is 0 Å². The van der Waals surface area contributed by atoms with E-state index in [0.29, 0.717) is 5.56 Å². The number of carboxylic acid groups (broad SMARTS) is 1. The molecule has 2 aromatic rings. The Bertz CT molecular complexity index is 1100. The highest BCUT2D eigenvalue weighted by molar-refractivity contribution is 5.88. The Morgan fingerprint density at radius 1 is 1.00 bits per heavy atom. The summed E-state index contributed by atoms with van der Waals surface area (Å²) in [5.41, 5.74) is -0.776. The Balaban J connectivity index is 2.26. The normalized spacial score (nSPS) is 14.2. The number of hydrogen-bond donors (Lipinski definition) is 4. The summed E-state index contributed by atoms with van der Waals surface area (Å²) >= 11 is 0. The summed E-state index contributed by atoms with van der Waals surface area (Å²) in [6, 6.07) is 5.70. The molecule has 0 aliphatic rings. The molecule has 0 saturated carbocycles. The number of aliphatic hydroxyl groups is 1. The van der Waals surface area contributed by atoms with E-state index in [0.717, 1.165) is 36.4 Å². The SMILES string of the molecule is CC(C)(C)OC(=O)N[C@H](Cc1ccc(F)cc1)[C@H](O)C(=O)N[C@H](C(=O)O)c1cccc(OC(F)(F)F)c1. The molecule has 3 atom stereocenters. The third-order valence-electron chi connectivity index (χ3n) is 4.68. The Kier molecular flexibility index (Phi) is 9.45. The Hall–Kier alpha value is -3.87. The number of hydrogen-bond acceptors (Lipinski definition) is 6. The van der Waals surface area contributed by atoms with Crippen LogP contribution in [0.3, 0.4) is 0 Å². The van der Waals surface area contributed by atoms with Crippen molar-refractivity contribution in [2.75, 3.05) is 0 Å². The van der Waals surface area contributed by atoms with Crippen LogP contribution in [-0.2, 0) is 20.7 Å². The molecule has 0 spiro atoms. The summed E-state index contributed by atoms with van der Waals surface area (Å²) in [6.07, 6.45) is -8.23. The molecule has 0 unspecified atom stereocenters. The number of carbonyl (C=O) groups is 3. The van der Waals surface area contributed by atoms with Crippen molar-refractivity contribution in [2.45, 2.75) is 57.3 Å². The van der Waals surface area contributed by atoms with Gasteiger partial charge in [-0.3, -0.25) is 4.79 Å². The number of aliphatic carboxylic acids is 1. The predicted molar refractivity (Wildman–Crippen MR) is 121 cm³/mol. The first-order chi connectivity index (χ1) is 17.0. The van der Waals surface area contributed by atoms with Gasteiger partial charge in [-0.15, -0.1) is 13.2 Å². The number of rotatable bonds is 9. The lowest BCUT2D eigenvalue weighted by Crippen LogP contribution is -2.53. The van der Waals surface area contributed by atoms with Crippen molar-refractivity contribution in [1.82, 2.24) is 10.6 Å². The number of benzene rings is 2. The van der Waals surface area contributed by atoms with Gasteiger partial charge in [0, 0.05) is 0 Å². The molecule has 0 aliphatic carbocycles. The van der Waals surface area contributed by atoms with Gasteiger partial charge in [0.25, 0.3) is 5.91 Å². The molecule has 37 heavy (non-hydrogen) atoms. The van der Waals surface area contributed by atoms with E-state index < -0.39 is 59.7 Å². The average molecular weight is 530 g/mol. The van der Waals surface area contributed by atoms with E-state index in [4.69, 9.17) is 4.74 Å². The van der Waals surface area contributed by atoms with Gasteiger partial charge in [-0.2, -0.15) is 0 Å². The maximum atomic E-state index is 13.3. The number of carbonyl (C=O) groups excluding carboxylic acids is 2.